The summed E-state index contributed by atoms with van der Waals surface area (Å²) in [7, 11) is 0. The number of benzene rings is 3. The summed E-state index contributed by atoms with van der Waals surface area (Å²) in [5.74, 6) is -0.652. The number of hydrogen-bond donors (Lipinski definition) is 1. The first-order chi connectivity index (χ1) is 16.9. The van der Waals surface area contributed by atoms with Crippen LogP contribution < -0.4 is 15.8 Å². The maximum absolute atomic E-state index is 13.6. The van der Waals surface area contributed by atoms with Gasteiger partial charge in [0.05, 0.1) is 17.6 Å². The van der Waals surface area contributed by atoms with Crippen molar-refractivity contribution >= 4 is 34.4 Å². The molecule has 3 aromatic carbocycles. The van der Waals surface area contributed by atoms with E-state index in [4.69, 9.17) is 0 Å². The Morgan fingerprint density at radius 3 is 2.26 bits per heavy atom. The van der Waals surface area contributed by atoms with Crippen LogP contribution in [0.3, 0.4) is 0 Å². The topological polar surface area (TPSA) is 84.3 Å². The molecule has 0 bridgehead atoms. The maximum atomic E-state index is 13.6. The number of para-hydroxylation sites is 2. The molecule has 0 spiro atoms. The standard InChI is InChI=1S/C28H28N4O3/c1-4-21-13-15-23(16-14-21)29-26(34)18-32-25-8-6-5-7-24(25)30-27(28(32)35)31(20(3)33)17-22-11-9-19(2)10-12-22/h5-16H,4,17-18H2,1-3H3,(H,29,34). The summed E-state index contributed by atoms with van der Waals surface area (Å²) in [5, 5.41) is 2.85. The fourth-order valence-electron chi connectivity index (χ4n) is 3.89. The molecule has 1 aromatic heterocycles. The molecule has 4 rings (SSSR count). The molecule has 0 radical (unpaired) electrons. The van der Waals surface area contributed by atoms with Gasteiger partial charge in [-0.25, -0.2) is 4.98 Å². The Balaban J connectivity index is 1.70. The van der Waals surface area contributed by atoms with Gasteiger partial charge in [0.1, 0.15) is 6.54 Å². The van der Waals surface area contributed by atoms with Gasteiger partial charge in [0, 0.05) is 12.6 Å². The highest BCUT2D eigenvalue weighted by molar-refractivity contribution is 5.93. The lowest BCUT2D eigenvalue weighted by atomic mass is 10.1. The smallest absolute Gasteiger partial charge is 0.294 e. The fourth-order valence-corrected chi connectivity index (χ4v) is 3.89. The quantitative estimate of drug-likeness (QED) is 0.434. The van der Waals surface area contributed by atoms with Gasteiger partial charge in [-0.15, -0.1) is 0 Å². The lowest BCUT2D eigenvalue weighted by molar-refractivity contribution is -0.117. The minimum Gasteiger partial charge on any atom is -0.325 e. The van der Waals surface area contributed by atoms with Gasteiger partial charge in [-0.2, -0.15) is 0 Å². The number of aryl methyl sites for hydroxylation is 2. The normalized spacial score (nSPS) is 10.8. The maximum Gasteiger partial charge on any atom is 0.294 e. The molecule has 35 heavy (non-hydrogen) atoms. The number of rotatable bonds is 7. The fraction of sp³-hybridized carbons (Fsp3) is 0.214. The van der Waals surface area contributed by atoms with Crippen LogP contribution in [-0.4, -0.2) is 21.4 Å². The van der Waals surface area contributed by atoms with Gasteiger partial charge >= 0.3 is 0 Å². The molecule has 0 fully saturated rings. The largest absolute Gasteiger partial charge is 0.325 e. The SMILES string of the molecule is CCc1ccc(NC(=O)Cn2c(=O)c(N(Cc3ccc(C)cc3)C(C)=O)nc3ccccc32)cc1. The third-order valence-electron chi connectivity index (χ3n) is 5.88. The van der Waals surface area contributed by atoms with Crippen LogP contribution in [0.4, 0.5) is 11.5 Å². The van der Waals surface area contributed by atoms with E-state index in [0.717, 1.165) is 17.5 Å². The van der Waals surface area contributed by atoms with Crippen molar-refractivity contribution in [3.63, 3.8) is 0 Å². The zero-order chi connectivity index (χ0) is 24.9. The highest BCUT2D eigenvalue weighted by Crippen LogP contribution is 2.18. The number of amides is 2. The summed E-state index contributed by atoms with van der Waals surface area (Å²) in [6.07, 6.45) is 0.907. The third-order valence-corrected chi connectivity index (χ3v) is 5.88. The van der Waals surface area contributed by atoms with Crippen LogP contribution in [0.25, 0.3) is 11.0 Å². The number of fused-ring (bicyclic) bond motifs is 1. The lowest BCUT2D eigenvalue weighted by Crippen LogP contribution is -2.38. The first-order valence-corrected chi connectivity index (χ1v) is 11.6. The van der Waals surface area contributed by atoms with Crippen LogP contribution >= 0.6 is 0 Å². The Morgan fingerprint density at radius 1 is 0.943 bits per heavy atom. The van der Waals surface area contributed by atoms with Crippen LogP contribution in [-0.2, 0) is 29.1 Å². The second-order valence-electron chi connectivity index (χ2n) is 8.50. The molecule has 0 saturated heterocycles. The average molecular weight is 469 g/mol. The summed E-state index contributed by atoms with van der Waals surface area (Å²) < 4.78 is 1.37. The van der Waals surface area contributed by atoms with E-state index in [9.17, 15) is 14.4 Å². The van der Waals surface area contributed by atoms with E-state index >= 15 is 0 Å². The van der Waals surface area contributed by atoms with Gasteiger partial charge in [-0.05, 0) is 48.7 Å². The zero-order valence-electron chi connectivity index (χ0n) is 20.1. The predicted octanol–water partition coefficient (Wildman–Crippen LogP) is 4.46. The molecule has 178 valence electrons. The van der Waals surface area contributed by atoms with Crippen LogP contribution in [0.2, 0.25) is 0 Å². The number of carbonyl (C=O) groups excluding carboxylic acids is 2. The molecule has 0 aliphatic carbocycles. The molecule has 7 nitrogen and oxygen atoms in total. The van der Waals surface area contributed by atoms with E-state index in [2.05, 4.69) is 17.2 Å². The Bertz CT molecular complexity index is 1420. The number of anilines is 2. The Kier molecular flexibility index (Phi) is 7.06. The summed E-state index contributed by atoms with van der Waals surface area (Å²) in [6.45, 7) is 5.45. The number of carbonyl (C=O) groups is 2. The highest BCUT2D eigenvalue weighted by atomic mass is 16.2. The van der Waals surface area contributed by atoms with Crippen LogP contribution in [0.15, 0.2) is 77.6 Å². The summed E-state index contributed by atoms with van der Waals surface area (Å²) in [4.78, 5) is 44.9. The van der Waals surface area contributed by atoms with Crippen molar-refractivity contribution in [1.29, 1.82) is 0 Å². The molecule has 2 amide bonds. The summed E-state index contributed by atoms with van der Waals surface area (Å²) in [6, 6.07) is 22.4. The van der Waals surface area contributed by atoms with E-state index in [1.807, 2.05) is 55.5 Å². The van der Waals surface area contributed by atoms with Crippen molar-refractivity contribution in [3.8, 4) is 0 Å². The van der Waals surface area contributed by atoms with Crippen molar-refractivity contribution < 1.29 is 9.59 Å². The molecule has 0 aliphatic rings. The third kappa shape index (κ3) is 5.46. The first-order valence-electron chi connectivity index (χ1n) is 11.6. The molecule has 4 aromatic rings. The number of nitrogens with zero attached hydrogens (tertiary/aromatic N) is 3. The van der Waals surface area contributed by atoms with Crippen molar-refractivity contribution in [2.75, 3.05) is 10.2 Å². The summed E-state index contributed by atoms with van der Waals surface area (Å²) >= 11 is 0. The number of nitrogens with one attached hydrogen (secondary N) is 1. The van der Waals surface area contributed by atoms with Crippen molar-refractivity contribution in [3.05, 3.63) is 99.8 Å². The minimum atomic E-state index is -0.498. The highest BCUT2D eigenvalue weighted by Gasteiger charge is 2.21. The minimum absolute atomic E-state index is 0.00289. The molecule has 1 heterocycles. The number of hydrogen-bond acceptors (Lipinski definition) is 4. The summed E-state index contributed by atoms with van der Waals surface area (Å²) in [5.41, 5.74) is 4.35. The van der Waals surface area contributed by atoms with Crippen molar-refractivity contribution in [2.24, 2.45) is 0 Å². The van der Waals surface area contributed by atoms with Gasteiger partial charge in [-0.1, -0.05) is 61.0 Å². The van der Waals surface area contributed by atoms with Gasteiger partial charge < -0.3 is 5.32 Å². The van der Waals surface area contributed by atoms with Gasteiger partial charge in [0.25, 0.3) is 5.56 Å². The monoisotopic (exact) mass is 468 g/mol. The van der Waals surface area contributed by atoms with Gasteiger partial charge in [0.15, 0.2) is 0 Å². The average Bonchev–Trinajstić information content (AvgIpc) is 2.85. The molecule has 1 N–H and O–H groups in total. The van der Waals surface area contributed by atoms with E-state index in [0.29, 0.717) is 16.7 Å². The second-order valence-corrected chi connectivity index (χ2v) is 8.50. The second kappa shape index (κ2) is 10.3. The molecule has 0 saturated carbocycles. The van der Waals surface area contributed by atoms with E-state index in [1.54, 1.807) is 24.3 Å². The van der Waals surface area contributed by atoms with Gasteiger partial charge in [0.2, 0.25) is 17.6 Å². The van der Waals surface area contributed by atoms with Crippen LogP contribution in [0.1, 0.15) is 30.5 Å². The predicted molar refractivity (Wildman–Crippen MR) is 138 cm³/mol. The van der Waals surface area contributed by atoms with Crippen LogP contribution in [0.5, 0.6) is 0 Å². The molecule has 0 aliphatic heterocycles. The molecule has 0 unspecified atom stereocenters. The van der Waals surface area contributed by atoms with Gasteiger partial charge in [-0.3, -0.25) is 23.9 Å². The Morgan fingerprint density at radius 2 is 1.60 bits per heavy atom. The lowest BCUT2D eigenvalue weighted by Gasteiger charge is -2.21. The zero-order valence-corrected chi connectivity index (χ0v) is 20.1. The Labute approximate surface area is 204 Å². The molecule has 0 atom stereocenters. The van der Waals surface area contributed by atoms with Crippen LogP contribution in [0, 0.1) is 6.92 Å². The van der Waals surface area contributed by atoms with E-state index in [-0.39, 0.29) is 30.7 Å². The van der Waals surface area contributed by atoms with Crippen molar-refractivity contribution in [1.82, 2.24) is 9.55 Å². The number of aromatic nitrogens is 2. The first kappa shape index (κ1) is 23.9. The van der Waals surface area contributed by atoms with Crippen molar-refractivity contribution in [2.45, 2.75) is 40.3 Å². The van der Waals surface area contributed by atoms with E-state index < -0.39 is 5.56 Å². The molecular weight excluding hydrogens is 440 g/mol. The molecule has 7 heteroatoms. The Hall–Kier alpha value is -4.26. The van der Waals surface area contributed by atoms with E-state index in [1.165, 1.54) is 22.0 Å². The molecular formula is C28H28N4O3.